The largest absolute Gasteiger partial charge is 0.512 e. The summed E-state index contributed by atoms with van der Waals surface area (Å²) in [5.74, 6) is 0.547. The molecule has 1 N–H and O–H groups in total. The summed E-state index contributed by atoms with van der Waals surface area (Å²) >= 11 is 3.75. The fourth-order valence-corrected chi connectivity index (χ4v) is 8.33. The van der Waals surface area contributed by atoms with Crippen molar-refractivity contribution in [3.8, 4) is 11.3 Å². The first-order valence-corrected chi connectivity index (χ1v) is 16.6. The van der Waals surface area contributed by atoms with Crippen LogP contribution >= 0.6 is 23.5 Å². The Kier molecular flexibility index (Phi) is 12.0. The Morgan fingerprint density at radius 2 is 1.49 bits per heavy atom. The SMILES string of the molecule is CCC(CC)C(=O)/C=C(\O)C(CC)CC.[Ir].[c-]1ccc2c(c1-c1ccccn1)Sc1cccc3c1B2c1ccccc1S3. The van der Waals surface area contributed by atoms with E-state index in [4.69, 9.17) is 0 Å². The topological polar surface area (TPSA) is 50.2 Å². The Balaban J connectivity index is 0.000000230. The minimum Gasteiger partial charge on any atom is -0.512 e. The molecule has 0 aliphatic carbocycles. The van der Waals surface area contributed by atoms with Gasteiger partial charge in [-0.05, 0) is 66.0 Å². The van der Waals surface area contributed by atoms with Gasteiger partial charge in [-0.2, -0.15) is 0 Å². The van der Waals surface area contributed by atoms with Crippen LogP contribution in [0.2, 0.25) is 0 Å². The van der Waals surface area contributed by atoms with Crippen molar-refractivity contribution in [3.05, 3.63) is 96.9 Å². The van der Waals surface area contributed by atoms with Gasteiger partial charge in [0.05, 0.1) is 5.76 Å². The fourth-order valence-electron chi connectivity index (χ4n) is 5.82. The minimum absolute atomic E-state index is 0. The molecule has 0 spiro atoms. The van der Waals surface area contributed by atoms with Crippen LogP contribution in [0.1, 0.15) is 53.4 Å². The maximum Gasteiger partial charge on any atom is 0.228 e. The van der Waals surface area contributed by atoms with E-state index in [-0.39, 0.29) is 50.2 Å². The van der Waals surface area contributed by atoms with Gasteiger partial charge >= 0.3 is 0 Å². The number of rotatable bonds is 8. The summed E-state index contributed by atoms with van der Waals surface area (Å²) < 4.78 is 0. The van der Waals surface area contributed by atoms with Crippen molar-refractivity contribution in [1.29, 1.82) is 0 Å². The third-order valence-corrected chi connectivity index (χ3v) is 10.7. The summed E-state index contributed by atoms with van der Waals surface area (Å²) in [6.07, 6.45) is 6.76. The van der Waals surface area contributed by atoms with Gasteiger partial charge in [0.1, 0.15) is 0 Å². The molecular weight excluding hydrogens is 746 g/mol. The molecule has 0 saturated heterocycles. The van der Waals surface area contributed by atoms with Crippen LogP contribution in [0.25, 0.3) is 11.3 Å². The second-order valence-electron chi connectivity index (χ2n) is 10.7. The van der Waals surface area contributed by atoms with E-state index in [1.54, 1.807) is 0 Å². The maximum atomic E-state index is 11.7. The average Bonchev–Trinajstić information content (AvgIpc) is 3.02. The quantitative estimate of drug-likeness (QED) is 0.0738. The van der Waals surface area contributed by atoms with Crippen molar-refractivity contribution in [2.75, 3.05) is 0 Å². The molecule has 223 valence electrons. The molecule has 0 fully saturated rings. The van der Waals surface area contributed by atoms with Crippen LogP contribution in [0.4, 0.5) is 0 Å². The molecule has 2 aliphatic heterocycles. The summed E-state index contributed by atoms with van der Waals surface area (Å²) in [4.78, 5) is 21.7. The second kappa shape index (κ2) is 15.4. The monoisotopic (exact) mass is 783 g/mol. The van der Waals surface area contributed by atoms with Gasteiger partial charge in [-0.3, -0.25) is 4.79 Å². The first-order chi connectivity index (χ1) is 20.5. The molecular formula is C36H37BIrNO2S2-. The molecule has 3 aromatic carbocycles. The molecule has 1 radical (unpaired) electrons. The summed E-state index contributed by atoms with van der Waals surface area (Å²) in [6.45, 7) is 8.35. The molecule has 0 amide bonds. The maximum absolute atomic E-state index is 11.7. The summed E-state index contributed by atoms with van der Waals surface area (Å²) in [6, 6.07) is 29.3. The molecule has 6 rings (SSSR count). The average molecular weight is 783 g/mol. The van der Waals surface area contributed by atoms with Crippen LogP contribution in [0.15, 0.2) is 110 Å². The predicted octanol–water partition coefficient (Wildman–Crippen LogP) is 7.86. The fraction of sp³-hybridized carbons (Fsp3) is 0.278. The van der Waals surface area contributed by atoms with E-state index in [0.717, 1.165) is 36.9 Å². The number of nitrogens with zero attached hydrogens (tertiary/aromatic N) is 1. The zero-order valence-electron chi connectivity index (χ0n) is 25.1. The van der Waals surface area contributed by atoms with E-state index in [1.807, 2.05) is 69.5 Å². The number of hydrogen-bond acceptors (Lipinski definition) is 5. The molecule has 0 saturated carbocycles. The van der Waals surface area contributed by atoms with E-state index in [9.17, 15) is 9.90 Å². The number of fused-ring (bicyclic) bond motifs is 4. The van der Waals surface area contributed by atoms with Crippen molar-refractivity contribution in [2.24, 2.45) is 11.8 Å². The van der Waals surface area contributed by atoms with Gasteiger partial charge < -0.3 is 10.1 Å². The van der Waals surface area contributed by atoms with Crippen LogP contribution in [-0.2, 0) is 24.9 Å². The first-order valence-electron chi connectivity index (χ1n) is 15.0. The molecule has 3 heterocycles. The van der Waals surface area contributed by atoms with E-state index in [2.05, 4.69) is 71.7 Å². The van der Waals surface area contributed by atoms with Crippen molar-refractivity contribution < 1.29 is 30.0 Å². The number of benzene rings is 3. The standard InChI is InChI=1S/C23H13BNS2.C13H24O2.Ir/c1-2-11-19-16(8-1)24-17-9-5-7-15(18-10-3-4-14-25-18)23(17)27-21-13-6-12-20(26-19)22(21)24;1-5-10(6-2)12(14)9-13(15)11(7-3)8-4;/h1-6,8-14H;9-11,14H,5-8H2,1-4H3;/q-1;;/b;12-9-;. The molecule has 43 heavy (non-hydrogen) atoms. The van der Waals surface area contributed by atoms with Crippen LogP contribution in [0, 0.1) is 17.9 Å². The molecule has 0 bridgehead atoms. The zero-order valence-corrected chi connectivity index (χ0v) is 29.1. The number of aromatic nitrogens is 1. The predicted molar refractivity (Wildman–Crippen MR) is 178 cm³/mol. The second-order valence-corrected chi connectivity index (χ2v) is 12.8. The van der Waals surface area contributed by atoms with Gasteiger partial charge in [-0.25, -0.2) is 0 Å². The number of hydrogen-bond donors (Lipinski definition) is 1. The van der Waals surface area contributed by atoms with E-state index < -0.39 is 0 Å². The third kappa shape index (κ3) is 7.07. The van der Waals surface area contributed by atoms with Crippen molar-refractivity contribution in [2.45, 2.75) is 73.0 Å². The number of carbonyl (C=O) groups excluding carboxylic acids is 1. The van der Waals surface area contributed by atoms with Gasteiger partial charge in [-0.1, -0.05) is 86.2 Å². The van der Waals surface area contributed by atoms with Crippen LogP contribution < -0.4 is 16.4 Å². The number of ketones is 1. The van der Waals surface area contributed by atoms with Crippen molar-refractivity contribution in [3.63, 3.8) is 0 Å². The number of aliphatic hydroxyl groups excluding tert-OH is 1. The molecule has 0 atom stereocenters. The Morgan fingerprint density at radius 1 is 0.837 bits per heavy atom. The normalized spacial score (nSPS) is 12.9. The number of allylic oxidation sites excluding steroid dienone is 2. The van der Waals surface area contributed by atoms with Gasteiger partial charge in [-0.15, -0.1) is 41.0 Å². The van der Waals surface area contributed by atoms with Gasteiger partial charge in [0.2, 0.25) is 6.71 Å². The Hall–Kier alpha value is -2.57. The summed E-state index contributed by atoms with van der Waals surface area (Å²) in [7, 11) is 0. The van der Waals surface area contributed by atoms with E-state index in [0.29, 0.717) is 0 Å². The van der Waals surface area contributed by atoms with Gasteiger partial charge in [0.25, 0.3) is 0 Å². The van der Waals surface area contributed by atoms with Gasteiger partial charge in [0, 0.05) is 54.0 Å². The molecule has 4 aromatic rings. The summed E-state index contributed by atoms with van der Waals surface area (Å²) in [5, 5.41) is 9.76. The third-order valence-electron chi connectivity index (χ3n) is 8.27. The van der Waals surface area contributed by atoms with E-state index >= 15 is 0 Å². The Morgan fingerprint density at radius 3 is 2.16 bits per heavy atom. The van der Waals surface area contributed by atoms with Gasteiger partial charge in [0.15, 0.2) is 5.78 Å². The Labute approximate surface area is 278 Å². The van der Waals surface area contributed by atoms with E-state index in [1.165, 1.54) is 42.0 Å². The molecule has 1 aromatic heterocycles. The number of aliphatic hydroxyl groups is 1. The van der Waals surface area contributed by atoms with Crippen LogP contribution in [0.5, 0.6) is 0 Å². The zero-order chi connectivity index (χ0) is 29.6. The smallest absolute Gasteiger partial charge is 0.228 e. The minimum atomic E-state index is 0. The van der Waals surface area contributed by atoms with Crippen molar-refractivity contribution >= 4 is 52.4 Å². The van der Waals surface area contributed by atoms with Crippen LogP contribution in [-0.4, -0.2) is 22.6 Å². The summed E-state index contributed by atoms with van der Waals surface area (Å²) in [5.41, 5.74) is 6.32. The van der Waals surface area contributed by atoms with Crippen LogP contribution in [0.3, 0.4) is 0 Å². The molecule has 0 unspecified atom stereocenters. The molecule has 2 aliphatic rings. The van der Waals surface area contributed by atoms with Crippen molar-refractivity contribution in [1.82, 2.24) is 4.98 Å². The molecule has 3 nitrogen and oxygen atoms in total. The number of pyridine rings is 1. The first kappa shape index (κ1) is 33.3. The Bertz CT molecular complexity index is 1590. The molecule has 7 heteroatoms. The number of carbonyl (C=O) groups is 1.